The van der Waals surface area contributed by atoms with Crippen LogP contribution in [0.15, 0.2) is 71.9 Å². The van der Waals surface area contributed by atoms with Gasteiger partial charge in [-0.05, 0) is 43.0 Å². The zero-order chi connectivity index (χ0) is 24.1. The summed E-state index contributed by atoms with van der Waals surface area (Å²) in [6.45, 7) is 6.73. The second kappa shape index (κ2) is 10.5. The van der Waals surface area contributed by atoms with Gasteiger partial charge in [0.1, 0.15) is 5.82 Å². The third-order valence-corrected chi connectivity index (χ3v) is 8.61. The molecular weight excluding hydrogens is 448 g/mol. The lowest BCUT2D eigenvalue weighted by Crippen LogP contribution is -2.39. The van der Waals surface area contributed by atoms with Crippen molar-refractivity contribution in [2.45, 2.75) is 38.1 Å². The largest absolute Gasteiger partial charge is 0.339 e. The second-order valence-corrected chi connectivity index (χ2v) is 10.6. The molecule has 0 atom stereocenters. The third-order valence-electron chi connectivity index (χ3n) is 6.55. The highest BCUT2D eigenvalue weighted by Gasteiger charge is 2.26. The lowest BCUT2D eigenvalue weighted by molar-refractivity contribution is 0.0683. The van der Waals surface area contributed by atoms with Gasteiger partial charge in [0.2, 0.25) is 10.0 Å². The molecule has 1 aliphatic heterocycles. The van der Waals surface area contributed by atoms with Crippen molar-refractivity contribution >= 4 is 15.9 Å². The fourth-order valence-corrected chi connectivity index (χ4v) is 6.02. The van der Waals surface area contributed by atoms with Crippen molar-refractivity contribution in [1.29, 1.82) is 0 Å². The quantitative estimate of drug-likeness (QED) is 0.486. The van der Waals surface area contributed by atoms with Crippen LogP contribution in [0.2, 0.25) is 0 Å². The Balaban J connectivity index is 1.36. The molecule has 1 aromatic heterocycles. The van der Waals surface area contributed by atoms with Gasteiger partial charge in [-0.2, -0.15) is 4.31 Å². The molecule has 0 saturated carbocycles. The Hall–Kier alpha value is -2.97. The lowest BCUT2D eigenvalue weighted by Gasteiger charge is -2.32. The van der Waals surface area contributed by atoms with Gasteiger partial charge in [-0.15, -0.1) is 0 Å². The number of piperidine rings is 1. The maximum absolute atomic E-state index is 13.0. The average molecular weight is 481 g/mol. The molecule has 8 heteroatoms. The fourth-order valence-electron chi connectivity index (χ4n) is 4.57. The summed E-state index contributed by atoms with van der Waals surface area (Å²) in [5, 5.41) is 0. The molecule has 0 aliphatic carbocycles. The molecule has 1 aliphatic rings. The van der Waals surface area contributed by atoms with E-state index in [-0.39, 0.29) is 10.8 Å². The summed E-state index contributed by atoms with van der Waals surface area (Å²) < 4.78 is 29.0. The Morgan fingerprint density at radius 3 is 2.26 bits per heavy atom. The minimum absolute atomic E-state index is 0.0437. The molecule has 3 aromatic rings. The molecule has 0 N–H and O–H groups in total. The first-order valence-corrected chi connectivity index (χ1v) is 13.3. The summed E-state index contributed by atoms with van der Waals surface area (Å²) in [6, 6.07) is 16.5. The molecule has 0 radical (unpaired) electrons. The molecule has 1 saturated heterocycles. The van der Waals surface area contributed by atoms with Gasteiger partial charge in [0.25, 0.3) is 5.91 Å². The number of imidazole rings is 1. The minimum Gasteiger partial charge on any atom is -0.339 e. The molecule has 7 nitrogen and oxygen atoms in total. The maximum Gasteiger partial charge on any atom is 0.253 e. The second-order valence-electron chi connectivity index (χ2n) is 8.62. The molecule has 1 fully saturated rings. The third kappa shape index (κ3) is 5.08. The Kier molecular flexibility index (Phi) is 7.48. The highest BCUT2D eigenvalue weighted by atomic mass is 32.2. The first-order valence-electron chi connectivity index (χ1n) is 11.9. The first-order chi connectivity index (χ1) is 16.4. The van der Waals surface area contributed by atoms with Crippen molar-refractivity contribution in [2.24, 2.45) is 5.92 Å². The maximum atomic E-state index is 13.0. The van der Waals surface area contributed by atoms with E-state index >= 15 is 0 Å². The van der Waals surface area contributed by atoms with E-state index in [0.717, 1.165) is 30.8 Å². The van der Waals surface area contributed by atoms with Crippen LogP contribution in [0.4, 0.5) is 0 Å². The molecule has 2 heterocycles. The minimum atomic E-state index is -3.52. The Bertz CT molecular complexity index is 1190. The van der Waals surface area contributed by atoms with Crippen LogP contribution in [-0.2, 0) is 16.6 Å². The number of benzene rings is 2. The van der Waals surface area contributed by atoms with Gasteiger partial charge in [-0.25, -0.2) is 13.4 Å². The van der Waals surface area contributed by atoms with Gasteiger partial charge < -0.3 is 9.47 Å². The van der Waals surface area contributed by atoms with Crippen LogP contribution in [0.1, 0.15) is 37.0 Å². The monoisotopic (exact) mass is 480 g/mol. The van der Waals surface area contributed by atoms with E-state index in [1.54, 1.807) is 12.1 Å². The van der Waals surface area contributed by atoms with Crippen molar-refractivity contribution in [1.82, 2.24) is 18.8 Å². The summed E-state index contributed by atoms with van der Waals surface area (Å²) in [5.41, 5.74) is 1.63. The summed E-state index contributed by atoms with van der Waals surface area (Å²) in [5.74, 6) is 1.40. The fraction of sp³-hybridized carbons (Fsp3) is 0.385. The van der Waals surface area contributed by atoms with Crippen LogP contribution in [0.3, 0.4) is 0 Å². The number of rotatable bonds is 8. The Morgan fingerprint density at radius 1 is 1.00 bits per heavy atom. The van der Waals surface area contributed by atoms with Crippen LogP contribution < -0.4 is 0 Å². The van der Waals surface area contributed by atoms with Crippen molar-refractivity contribution in [3.05, 3.63) is 72.6 Å². The molecule has 0 bridgehead atoms. The number of carbonyl (C=O) groups is 1. The van der Waals surface area contributed by atoms with Crippen LogP contribution in [0.25, 0.3) is 11.4 Å². The van der Waals surface area contributed by atoms with Gasteiger partial charge in [-0.3, -0.25) is 4.79 Å². The van der Waals surface area contributed by atoms with Gasteiger partial charge in [0.05, 0.1) is 4.90 Å². The van der Waals surface area contributed by atoms with E-state index in [9.17, 15) is 13.2 Å². The highest BCUT2D eigenvalue weighted by Crippen LogP contribution is 2.25. The number of hydrogen-bond acceptors (Lipinski definition) is 4. The summed E-state index contributed by atoms with van der Waals surface area (Å²) >= 11 is 0. The molecule has 180 valence electrons. The average Bonchev–Trinajstić information content (AvgIpc) is 3.33. The van der Waals surface area contributed by atoms with Crippen molar-refractivity contribution in [2.75, 3.05) is 26.2 Å². The topological polar surface area (TPSA) is 75.5 Å². The summed E-state index contributed by atoms with van der Waals surface area (Å²) in [7, 11) is -3.52. The number of likely N-dealkylation sites (tertiary alicyclic amines) is 1. The van der Waals surface area contributed by atoms with Crippen molar-refractivity contribution in [3.8, 4) is 11.4 Å². The number of sulfonamides is 1. The number of aromatic nitrogens is 2. The summed E-state index contributed by atoms with van der Waals surface area (Å²) in [4.78, 5) is 19.6. The van der Waals surface area contributed by atoms with Crippen LogP contribution in [0, 0.1) is 5.92 Å². The standard InChI is InChI=1S/C26H32N4O3S/c1-3-30(4-2)34(32,33)24-12-10-23(11-13-24)26(31)28-17-14-21(15-18-28)20-29-19-16-27-25(29)22-8-6-5-7-9-22/h5-13,16,19,21H,3-4,14-15,17-18,20H2,1-2H3. The van der Waals surface area contributed by atoms with Gasteiger partial charge in [-0.1, -0.05) is 44.2 Å². The normalized spacial score (nSPS) is 15.1. The van der Waals surface area contributed by atoms with Gasteiger partial charge >= 0.3 is 0 Å². The van der Waals surface area contributed by atoms with E-state index in [0.29, 0.717) is 37.7 Å². The molecule has 2 aromatic carbocycles. The van der Waals surface area contributed by atoms with Gasteiger partial charge in [0.15, 0.2) is 0 Å². The number of nitrogens with zero attached hydrogens (tertiary/aromatic N) is 4. The van der Waals surface area contributed by atoms with Crippen LogP contribution >= 0.6 is 0 Å². The Morgan fingerprint density at radius 2 is 1.65 bits per heavy atom. The van der Waals surface area contributed by atoms with Gasteiger partial charge in [0, 0.05) is 56.2 Å². The van der Waals surface area contributed by atoms with Crippen molar-refractivity contribution in [3.63, 3.8) is 0 Å². The smallest absolute Gasteiger partial charge is 0.253 e. The predicted molar refractivity (Wildman–Crippen MR) is 133 cm³/mol. The highest BCUT2D eigenvalue weighted by molar-refractivity contribution is 7.89. The van der Waals surface area contributed by atoms with E-state index in [4.69, 9.17) is 0 Å². The van der Waals surface area contributed by atoms with Crippen molar-refractivity contribution < 1.29 is 13.2 Å². The zero-order valence-electron chi connectivity index (χ0n) is 19.8. The SMILES string of the molecule is CCN(CC)S(=O)(=O)c1ccc(C(=O)N2CCC(Cn3ccnc3-c3ccccc3)CC2)cc1. The zero-order valence-corrected chi connectivity index (χ0v) is 20.6. The van der Waals surface area contributed by atoms with E-state index in [1.807, 2.05) is 49.3 Å². The Labute approximate surface area is 202 Å². The number of hydrogen-bond donors (Lipinski definition) is 0. The first kappa shape index (κ1) is 24.2. The van der Waals surface area contributed by atoms with E-state index < -0.39 is 10.0 Å². The number of carbonyl (C=O) groups excluding carboxylic acids is 1. The van der Waals surface area contributed by atoms with E-state index in [1.165, 1.54) is 16.4 Å². The van der Waals surface area contributed by atoms with E-state index in [2.05, 4.69) is 21.7 Å². The lowest BCUT2D eigenvalue weighted by atomic mass is 9.96. The molecule has 34 heavy (non-hydrogen) atoms. The van der Waals surface area contributed by atoms with Crippen LogP contribution in [0.5, 0.6) is 0 Å². The number of amides is 1. The summed E-state index contributed by atoms with van der Waals surface area (Å²) in [6.07, 6.45) is 5.71. The molecule has 0 unspecified atom stereocenters. The molecular formula is C26H32N4O3S. The predicted octanol–water partition coefficient (Wildman–Crippen LogP) is 4.13. The molecule has 4 rings (SSSR count). The van der Waals surface area contributed by atoms with Crippen LogP contribution in [-0.4, -0.2) is 59.3 Å². The molecule has 1 amide bonds. The molecule has 0 spiro atoms.